The largest absolute Gasteiger partial charge is 0.416 e. The second-order valence-electron chi connectivity index (χ2n) is 8.72. The molecule has 0 aliphatic carbocycles. The Morgan fingerprint density at radius 1 is 1.08 bits per heavy atom. The first-order valence-electron chi connectivity index (χ1n) is 11.3. The van der Waals surface area contributed by atoms with Crippen molar-refractivity contribution in [3.05, 3.63) is 105 Å². The van der Waals surface area contributed by atoms with Gasteiger partial charge in [-0.15, -0.1) is 0 Å². The highest BCUT2D eigenvalue weighted by Gasteiger charge is 2.36. The fraction of sp³-hybridized carbons (Fsp3) is 0.115. The van der Waals surface area contributed by atoms with E-state index in [1.165, 1.54) is 24.4 Å². The van der Waals surface area contributed by atoms with Crippen LogP contribution in [0, 0.1) is 11.6 Å². The van der Waals surface area contributed by atoms with Crippen molar-refractivity contribution in [2.45, 2.75) is 12.2 Å². The molecule has 3 aromatic carbocycles. The number of aryl methyl sites for hydroxylation is 1. The second kappa shape index (κ2) is 9.70. The van der Waals surface area contributed by atoms with Crippen LogP contribution in [0.1, 0.15) is 43.4 Å². The number of nitrogens with one attached hydrogen (secondary N) is 3. The van der Waals surface area contributed by atoms with E-state index in [4.69, 9.17) is 11.6 Å². The Morgan fingerprint density at radius 2 is 1.85 bits per heavy atom. The monoisotopic (exact) mass is 561 g/mol. The maximum absolute atomic E-state index is 14.1. The summed E-state index contributed by atoms with van der Waals surface area (Å²) < 4.78 is 69.5. The number of rotatable bonds is 5. The van der Waals surface area contributed by atoms with Crippen molar-refractivity contribution >= 4 is 40.7 Å². The van der Waals surface area contributed by atoms with Crippen molar-refractivity contribution < 1.29 is 31.5 Å². The Morgan fingerprint density at radius 3 is 2.54 bits per heavy atom. The SMILES string of the molecule is Cn1ccnc1Nc1cc(NC(=O)c2cc(F)cc(C(F)(F)F)c2)c2c(c1)C(=O)NC2c1cc(F)ccc1Cl. The molecule has 0 saturated carbocycles. The number of hydrogen-bond donors (Lipinski definition) is 3. The normalized spacial score (nSPS) is 14.6. The van der Waals surface area contributed by atoms with Crippen LogP contribution in [0.25, 0.3) is 0 Å². The molecule has 200 valence electrons. The zero-order chi connectivity index (χ0) is 28.1. The molecule has 1 aromatic heterocycles. The van der Waals surface area contributed by atoms with Gasteiger partial charge in [0.25, 0.3) is 11.8 Å². The predicted molar refractivity (Wildman–Crippen MR) is 133 cm³/mol. The molecular weight excluding hydrogens is 545 g/mol. The average Bonchev–Trinajstić information content (AvgIpc) is 3.42. The molecule has 0 spiro atoms. The van der Waals surface area contributed by atoms with Crippen molar-refractivity contribution in [3.63, 3.8) is 0 Å². The quantitative estimate of drug-likeness (QED) is 0.253. The molecule has 3 N–H and O–H groups in total. The number of anilines is 3. The molecule has 7 nitrogen and oxygen atoms in total. The topological polar surface area (TPSA) is 88.1 Å². The molecule has 0 fully saturated rings. The Hall–Kier alpha value is -4.45. The van der Waals surface area contributed by atoms with Gasteiger partial charge in [0.2, 0.25) is 5.95 Å². The lowest BCUT2D eigenvalue weighted by molar-refractivity contribution is -0.137. The molecule has 5 rings (SSSR count). The number of halogens is 6. The van der Waals surface area contributed by atoms with Gasteiger partial charge in [0.1, 0.15) is 11.6 Å². The fourth-order valence-electron chi connectivity index (χ4n) is 4.27. The molecule has 4 aromatic rings. The van der Waals surface area contributed by atoms with Crippen molar-refractivity contribution in [1.82, 2.24) is 14.9 Å². The van der Waals surface area contributed by atoms with Gasteiger partial charge < -0.3 is 20.5 Å². The van der Waals surface area contributed by atoms with E-state index in [-0.39, 0.29) is 33.5 Å². The number of benzene rings is 3. The summed E-state index contributed by atoms with van der Waals surface area (Å²) in [5, 5.41) is 8.30. The van der Waals surface area contributed by atoms with Crippen molar-refractivity contribution in [2.75, 3.05) is 10.6 Å². The van der Waals surface area contributed by atoms with Gasteiger partial charge in [-0.1, -0.05) is 11.6 Å². The molecular formula is C26H17ClF5N5O2. The van der Waals surface area contributed by atoms with E-state index in [0.29, 0.717) is 23.8 Å². The lowest BCUT2D eigenvalue weighted by Crippen LogP contribution is -2.21. The highest BCUT2D eigenvalue weighted by molar-refractivity contribution is 6.31. The molecule has 0 bridgehead atoms. The maximum Gasteiger partial charge on any atom is 0.416 e. The van der Waals surface area contributed by atoms with Gasteiger partial charge in [-0.2, -0.15) is 13.2 Å². The smallest absolute Gasteiger partial charge is 0.341 e. The zero-order valence-corrected chi connectivity index (χ0v) is 20.6. The highest BCUT2D eigenvalue weighted by atomic mass is 35.5. The minimum Gasteiger partial charge on any atom is -0.341 e. The standard InChI is InChI=1S/C26H17ClF5N5O2/c1-37-5-4-33-25(37)34-16-10-18-21(22(36-24(18)39)17-9-14(28)2-3-19(17)27)20(11-16)35-23(38)12-6-13(26(30,31)32)8-15(29)7-12/h2-11,22H,1H3,(H,33,34)(H,35,38)(H,36,39). The van der Waals surface area contributed by atoms with Crippen LogP contribution in [0.15, 0.2) is 60.9 Å². The molecule has 1 aliphatic heterocycles. The first-order chi connectivity index (χ1) is 18.4. The first-order valence-corrected chi connectivity index (χ1v) is 11.7. The Balaban J connectivity index is 1.62. The van der Waals surface area contributed by atoms with Crippen LogP contribution >= 0.6 is 11.6 Å². The third-order valence-electron chi connectivity index (χ3n) is 6.07. The third kappa shape index (κ3) is 5.15. The molecule has 0 radical (unpaired) electrons. The molecule has 39 heavy (non-hydrogen) atoms. The molecule has 1 aliphatic rings. The maximum atomic E-state index is 14.1. The van der Waals surface area contributed by atoms with E-state index >= 15 is 0 Å². The number of aromatic nitrogens is 2. The van der Waals surface area contributed by atoms with Gasteiger partial charge in [0, 0.05) is 58.1 Å². The number of carbonyl (C=O) groups is 2. The van der Waals surface area contributed by atoms with Gasteiger partial charge in [-0.3, -0.25) is 9.59 Å². The fourth-order valence-corrected chi connectivity index (χ4v) is 4.50. The van der Waals surface area contributed by atoms with Crippen molar-refractivity contribution in [2.24, 2.45) is 7.05 Å². The van der Waals surface area contributed by atoms with E-state index in [1.807, 2.05) is 0 Å². The number of amides is 2. The van der Waals surface area contributed by atoms with Gasteiger partial charge in [0.05, 0.1) is 11.6 Å². The summed E-state index contributed by atoms with van der Waals surface area (Å²) in [6.45, 7) is 0. The summed E-state index contributed by atoms with van der Waals surface area (Å²) in [4.78, 5) is 30.2. The summed E-state index contributed by atoms with van der Waals surface area (Å²) in [5.41, 5.74) is -1.18. The summed E-state index contributed by atoms with van der Waals surface area (Å²) in [5.74, 6) is -3.14. The second-order valence-corrected chi connectivity index (χ2v) is 9.13. The van der Waals surface area contributed by atoms with Crippen LogP contribution in [-0.4, -0.2) is 21.4 Å². The molecule has 2 heterocycles. The Kier molecular flexibility index (Phi) is 6.51. The number of carbonyl (C=O) groups excluding carboxylic acids is 2. The highest BCUT2D eigenvalue weighted by Crippen LogP contribution is 2.41. The lowest BCUT2D eigenvalue weighted by atomic mass is 9.95. The summed E-state index contributed by atoms with van der Waals surface area (Å²) >= 11 is 6.29. The van der Waals surface area contributed by atoms with E-state index in [2.05, 4.69) is 20.9 Å². The van der Waals surface area contributed by atoms with Gasteiger partial charge in [-0.25, -0.2) is 13.8 Å². The third-order valence-corrected chi connectivity index (χ3v) is 6.41. The average molecular weight is 562 g/mol. The van der Waals surface area contributed by atoms with Crippen molar-refractivity contribution in [1.29, 1.82) is 0 Å². The minimum absolute atomic E-state index is 0.00398. The van der Waals surface area contributed by atoms with E-state index in [9.17, 15) is 31.5 Å². The van der Waals surface area contributed by atoms with E-state index < -0.39 is 46.8 Å². The predicted octanol–water partition coefficient (Wildman–Crippen LogP) is 6.20. The van der Waals surface area contributed by atoms with Crippen LogP contribution in [0.5, 0.6) is 0 Å². The number of fused-ring (bicyclic) bond motifs is 1. The van der Waals surface area contributed by atoms with E-state index in [1.54, 1.807) is 17.8 Å². The van der Waals surface area contributed by atoms with Crippen LogP contribution in [-0.2, 0) is 13.2 Å². The number of imidazole rings is 1. The number of alkyl halides is 3. The number of nitrogens with zero attached hydrogens (tertiary/aromatic N) is 2. The summed E-state index contributed by atoms with van der Waals surface area (Å²) in [6.07, 6.45) is -1.70. The first kappa shape index (κ1) is 26.2. The van der Waals surface area contributed by atoms with Gasteiger partial charge in [0.15, 0.2) is 0 Å². The van der Waals surface area contributed by atoms with Crippen LogP contribution in [0.2, 0.25) is 5.02 Å². The van der Waals surface area contributed by atoms with E-state index in [0.717, 1.165) is 12.1 Å². The Bertz CT molecular complexity index is 1640. The molecule has 2 amide bonds. The summed E-state index contributed by atoms with van der Waals surface area (Å²) in [6, 6.07) is 6.90. The van der Waals surface area contributed by atoms with Crippen LogP contribution in [0.3, 0.4) is 0 Å². The molecule has 13 heteroatoms. The molecule has 1 atom stereocenters. The Labute approximate surface area is 222 Å². The zero-order valence-electron chi connectivity index (χ0n) is 19.8. The number of hydrogen-bond acceptors (Lipinski definition) is 4. The summed E-state index contributed by atoms with van der Waals surface area (Å²) in [7, 11) is 1.71. The van der Waals surface area contributed by atoms with Crippen LogP contribution < -0.4 is 16.0 Å². The van der Waals surface area contributed by atoms with Gasteiger partial charge in [-0.05, 0) is 48.5 Å². The van der Waals surface area contributed by atoms with Crippen molar-refractivity contribution in [3.8, 4) is 0 Å². The van der Waals surface area contributed by atoms with Crippen LogP contribution in [0.4, 0.5) is 39.3 Å². The minimum atomic E-state index is -4.89. The lowest BCUT2D eigenvalue weighted by Gasteiger charge is -2.19. The molecule has 0 saturated heterocycles. The molecule has 1 unspecified atom stereocenters. The van der Waals surface area contributed by atoms with Gasteiger partial charge >= 0.3 is 6.18 Å².